The van der Waals surface area contributed by atoms with E-state index in [1.165, 1.54) is 0 Å². The van der Waals surface area contributed by atoms with Crippen molar-refractivity contribution in [2.75, 3.05) is 5.32 Å². The summed E-state index contributed by atoms with van der Waals surface area (Å²) in [4.78, 5) is 25.4. The van der Waals surface area contributed by atoms with Crippen molar-refractivity contribution in [2.45, 2.75) is 26.3 Å². The van der Waals surface area contributed by atoms with Crippen LogP contribution in [0.4, 0.5) is 5.69 Å². The minimum atomic E-state index is -0.418. The van der Waals surface area contributed by atoms with Crippen molar-refractivity contribution in [1.29, 1.82) is 0 Å². The quantitative estimate of drug-likeness (QED) is 0.653. The van der Waals surface area contributed by atoms with Crippen molar-refractivity contribution < 1.29 is 9.59 Å². The number of para-hydroxylation sites is 1. The van der Waals surface area contributed by atoms with Gasteiger partial charge in [0.15, 0.2) is 0 Å². The molecule has 0 aromatic heterocycles. The van der Waals surface area contributed by atoms with Crippen LogP contribution >= 0.6 is 0 Å². The minimum Gasteiger partial charge on any atom is -0.345 e. The maximum Gasteiger partial charge on any atom is 0.251 e. The Morgan fingerprint density at radius 1 is 0.786 bits per heavy atom. The summed E-state index contributed by atoms with van der Waals surface area (Å²) in [7, 11) is 0. The molecular weight excluding hydrogens is 348 g/mol. The third-order valence-corrected chi connectivity index (χ3v) is 4.68. The Balaban J connectivity index is 1.78. The number of carbonyl (C=O) groups is 2. The molecule has 0 aliphatic rings. The van der Waals surface area contributed by atoms with Gasteiger partial charge in [-0.15, -0.1) is 0 Å². The summed E-state index contributed by atoms with van der Waals surface area (Å²) >= 11 is 0. The monoisotopic (exact) mass is 372 g/mol. The maximum absolute atomic E-state index is 12.8. The summed E-state index contributed by atoms with van der Waals surface area (Å²) in [6.07, 6.45) is 0.149. The van der Waals surface area contributed by atoms with Gasteiger partial charge >= 0.3 is 0 Å². The van der Waals surface area contributed by atoms with Gasteiger partial charge in [-0.25, -0.2) is 0 Å². The third kappa shape index (κ3) is 4.86. The van der Waals surface area contributed by atoms with E-state index in [1.54, 1.807) is 12.1 Å². The highest BCUT2D eigenvalue weighted by atomic mass is 16.2. The van der Waals surface area contributed by atoms with E-state index in [-0.39, 0.29) is 18.2 Å². The topological polar surface area (TPSA) is 58.2 Å². The molecule has 0 saturated carbocycles. The van der Waals surface area contributed by atoms with Crippen molar-refractivity contribution in [3.8, 4) is 0 Å². The zero-order chi connectivity index (χ0) is 19.9. The standard InChI is InChI=1S/C24H24N2O2/c1-17-10-9-11-18(2)23(17)26-22(27)16-21(19-12-5-3-6-13-19)25-24(28)20-14-7-4-8-15-20/h3-15,21H,16H2,1-2H3,(H,25,28)(H,26,27)/t21-/m0/s1. The fourth-order valence-corrected chi connectivity index (χ4v) is 3.16. The largest absolute Gasteiger partial charge is 0.345 e. The smallest absolute Gasteiger partial charge is 0.251 e. The number of carbonyl (C=O) groups excluding carboxylic acids is 2. The van der Waals surface area contributed by atoms with Crippen LogP contribution in [-0.4, -0.2) is 11.8 Å². The fraction of sp³-hybridized carbons (Fsp3) is 0.167. The number of hydrogen-bond acceptors (Lipinski definition) is 2. The Labute approximate surface area is 165 Å². The Kier molecular flexibility index (Phi) is 6.22. The highest BCUT2D eigenvalue weighted by Gasteiger charge is 2.20. The molecule has 28 heavy (non-hydrogen) atoms. The first-order chi connectivity index (χ1) is 13.5. The molecule has 3 aromatic carbocycles. The molecule has 0 spiro atoms. The number of nitrogens with one attached hydrogen (secondary N) is 2. The highest BCUT2D eigenvalue weighted by Crippen LogP contribution is 2.22. The molecule has 0 saturated heterocycles. The van der Waals surface area contributed by atoms with E-state index in [2.05, 4.69) is 10.6 Å². The van der Waals surface area contributed by atoms with Crippen LogP contribution < -0.4 is 10.6 Å². The summed E-state index contributed by atoms with van der Waals surface area (Å²) in [6.45, 7) is 3.93. The van der Waals surface area contributed by atoms with E-state index in [0.29, 0.717) is 5.56 Å². The predicted molar refractivity (Wildman–Crippen MR) is 112 cm³/mol. The first-order valence-corrected chi connectivity index (χ1v) is 9.31. The number of amides is 2. The summed E-state index contributed by atoms with van der Waals surface area (Å²) in [6, 6.07) is 24.1. The van der Waals surface area contributed by atoms with Crippen LogP contribution in [0.15, 0.2) is 78.9 Å². The summed E-state index contributed by atoms with van der Waals surface area (Å²) in [5.41, 5.74) is 4.31. The van der Waals surface area contributed by atoms with Crippen molar-refractivity contribution in [3.63, 3.8) is 0 Å². The lowest BCUT2D eigenvalue weighted by molar-refractivity contribution is -0.116. The molecule has 1 atom stereocenters. The Morgan fingerprint density at radius 2 is 1.36 bits per heavy atom. The second-order valence-corrected chi connectivity index (χ2v) is 6.82. The van der Waals surface area contributed by atoms with E-state index < -0.39 is 6.04 Å². The molecule has 3 aromatic rings. The number of hydrogen-bond donors (Lipinski definition) is 2. The number of benzene rings is 3. The first-order valence-electron chi connectivity index (χ1n) is 9.31. The molecule has 4 heteroatoms. The van der Waals surface area contributed by atoms with E-state index in [1.807, 2.05) is 80.6 Å². The van der Waals surface area contributed by atoms with Gasteiger partial charge < -0.3 is 10.6 Å². The van der Waals surface area contributed by atoms with Crippen molar-refractivity contribution in [3.05, 3.63) is 101 Å². The molecule has 4 nitrogen and oxygen atoms in total. The molecule has 0 bridgehead atoms. The van der Waals surface area contributed by atoms with Crippen molar-refractivity contribution in [1.82, 2.24) is 5.32 Å². The zero-order valence-electron chi connectivity index (χ0n) is 16.1. The maximum atomic E-state index is 12.8. The minimum absolute atomic E-state index is 0.139. The molecule has 0 aliphatic heterocycles. The van der Waals surface area contributed by atoms with Gasteiger partial charge in [-0.2, -0.15) is 0 Å². The van der Waals surface area contributed by atoms with Crippen LogP contribution in [0.3, 0.4) is 0 Å². The normalized spacial score (nSPS) is 11.5. The van der Waals surface area contributed by atoms with Gasteiger partial charge in [0.2, 0.25) is 5.91 Å². The lowest BCUT2D eigenvalue weighted by atomic mass is 10.0. The molecule has 142 valence electrons. The molecule has 2 amide bonds. The average molecular weight is 372 g/mol. The zero-order valence-corrected chi connectivity index (χ0v) is 16.1. The van der Waals surface area contributed by atoms with E-state index in [4.69, 9.17) is 0 Å². The van der Waals surface area contributed by atoms with Crippen LogP contribution in [0, 0.1) is 13.8 Å². The molecule has 0 unspecified atom stereocenters. The van der Waals surface area contributed by atoms with E-state index >= 15 is 0 Å². The molecule has 0 heterocycles. The lowest BCUT2D eigenvalue weighted by Gasteiger charge is -2.20. The lowest BCUT2D eigenvalue weighted by Crippen LogP contribution is -2.31. The van der Waals surface area contributed by atoms with Crippen LogP contribution in [0.25, 0.3) is 0 Å². The second kappa shape index (κ2) is 9.00. The molecular formula is C24H24N2O2. The number of anilines is 1. The second-order valence-electron chi connectivity index (χ2n) is 6.82. The first kappa shape index (κ1) is 19.4. The average Bonchev–Trinajstić information content (AvgIpc) is 2.71. The van der Waals surface area contributed by atoms with Gasteiger partial charge in [-0.3, -0.25) is 9.59 Å². The van der Waals surface area contributed by atoms with Gasteiger partial charge in [0.25, 0.3) is 5.91 Å². The Morgan fingerprint density at radius 3 is 1.96 bits per heavy atom. The molecule has 0 fully saturated rings. The summed E-state index contributed by atoms with van der Waals surface area (Å²) in [5, 5.41) is 6.00. The van der Waals surface area contributed by atoms with E-state index in [9.17, 15) is 9.59 Å². The Bertz CT molecular complexity index is 933. The van der Waals surface area contributed by atoms with Gasteiger partial charge in [-0.1, -0.05) is 66.7 Å². The molecule has 3 rings (SSSR count). The molecule has 0 radical (unpaired) electrons. The van der Waals surface area contributed by atoms with Gasteiger partial charge in [0.05, 0.1) is 12.5 Å². The SMILES string of the molecule is Cc1cccc(C)c1NC(=O)C[C@H](NC(=O)c1ccccc1)c1ccccc1. The predicted octanol–water partition coefficient (Wildman–Crippen LogP) is 4.80. The fourth-order valence-electron chi connectivity index (χ4n) is 3.16. The van der Waals surface area contributed by atoms with Gasteiger partial charge in [0.1, 0.15) is 0 Å². The molecule has 2 N–H and O–H groups in total. The molecule has 0 aliphatic carbocycles. The number of aryl methyl sites for hydroxylation is 2. The Hall–Kier alpha value is -3.40. The highest BCUT2D eigenvalue weighted by molar-refractivity contribution is 5.96. The van der Waals surface area contributed by atoms with E-state index in [0.717, 1.165) is 22.4 Å². The van der Waals surface area contributed by atoms with Crippen LogP contribution in [-0.2, 0) is 4.79 Å². The van der Waals surface area contributed by atoms with Crippen LogP contribution in [0.5, 0.6) is 0 Å². The van der Waals surface area contributed by atoms with Gasteiger partial charge in [-0.05, 0) is 42.7 Å². The summed E-state index contributed by atoms with van der Waals surface area (Å²) < 4.78 is 0. The third-order valence-electron chi connectivity index (χ3n) is 4.68. The van der Waals surface area contributed by atoms with Crippen molar-refractivity contribution in [2.24, 2.45) is 0 Å². The van der Waals surface area contributed by atoms with Crippen molar-refractivity contribution >= 4 is 17.5 Å². The van der Waals surface area contributed by atoms with Gasteiger partial charge in [0, 0.05) is 11.3 Å². The van der Waals surface area contributed by atoms with Crippen LogP contribution in [0.2, 0.25) is 0 Å². The summed E-state index contributed by atoms with van der Waals surface area (Å²) in [5.74, 6) is -0.339. The number of rotatable bonds is 6. The van der Waals surface area contributed by atoms with Crippen LogP contribution in [0.1, 0.15) is 39.5 Å².